The van der Waals surface area contributed by atoms with Crippen LogP contribution in [-0.4, -0.2) is 11.7 Å². The molecule has 0 aromatic heterocycles. The predicted octanol–water partition coefficient (Wildman–Crippen LogP) is 6.51. The van der Waals surface area contributed by atoms with E-state index in [0.29, 0.717) is 0 Å². The third kappa shape index (κ3) is 13.8. The Hall–Kier alpha value is -0.660. The number of rotatable bonds is 15. The first-order valence-corrected chi connectivity index (χ1v) is 8.81. The third-order valence-electron chi connectivity index (χ3n) is 3.71. The average molecular weight is 284 g/mol. The second kappa shape index (κ2) is 16.4. The lowest BCUT2D eigenvalue weighted by atomic mass is 10.1. The molecule has 0 fully saturated rings. The van der Waals surface area contributed by atoms with E-state index in [1.54, 1.807) is 0 Å². The van der Waals surface area contributed by atoms with E-state index >= 15 is 0 Å². The summed E-state index contributed by atoms with van der Waals surface area (Å²) in [5.41, 5.74) is 0. The van der Waals surface area contributed by atoms with Crippen molar-refractivity contribution in [2.75, 3.05) is 6.61 Å². The number of hydrogen-bond acceptors (Lipinski definition) is 2. The molecule has 0 amide bonds. The molecule has 0 saturated carbocycles. The normalized spacial score (nSPS) is 11.8. The van der Waals surface area contributed by atoms with Gasteiger partial charge >= 0.3 is 0 Å². The fourth-order valence-electron chi connectivity index (χ4n) is 2.34. The van der Waals surface area contributed by atoms with E-state index in [9.17, 15) is 0 Å². The molecule has 0 aliphatic rings. The summed E-state index contributed by atoms with van der Waals surface area (Å²) in [4.78, 5) is 0. The minimum Gasteiger partial charge on any atom is -0.512 e. The molecule has 0 aromatic carbocycles. The highest BCUT2D eigenvalue weighted by molar-refractivity contribution is 4.86. The Morgan fingerprint density at radius 2 is 1.25 bits per heavy atom. The number of aliphatic hydroxyl groups excluding tert-OH is 1. The lowest BCUT2D eigenvalue weighted by Gasteiger charge is -2.09. The lowest BCUT2D eigenvalue weighted by Crippen LogP contribution is -1.96. The van der Waals surface area contributed by atoms with Crippen molar-refractivity contribution in [1.29, 1.82) is 0 Å². The van der Waals surface area contributed by atoms with Crippen molar-refractivity contribution in [1.82, 2.24) is 0 Å². The van der Waals surface area contributed by atoms with Crippen LogP contribution in [0.2, 0.25) is 0 Å². The van der Waals surface area contributed by atoms with Gasteiger partial charge in [0.15, 0.2) is 0 Å². The minimum absolute atomic E-state index is 0.753. The Morgan fingerprint density at radius 1 is 0.750 bits per heavy atom. The van der Waals surface area contributed by atoms with E-state index in [1.807, 2.05) is 0 Å². The van der Waals surface area contributed by atoms with Gasteiger partial charge in [0, 0.05) is 6.42 Å². The maximum absolute atomic E-state index is 9.14. The summed E-state index contributed by atoms with van der Waals surface area (Å²) in [5.74, 6) is 0.771. The standard InChI is InChI=1S/C18H36O2/c1-3-5-7-9-10-11-12-13-15-18(17-19)20-16-14-8-6-4-2/h17,19H,3-16H2,1-2H3/b18-17-. The van der Waals surface area contributed by atoms with Gasteiger partial charge in [-0.25, -0.2) is 0 Å². The molecule has 20 heavy (non-hydrogen) atoms. The second-order valence-electron chi connectivity index (χ2n) is 5.73. The molecule has 0 rings (SSSR count). The zero-order chi connectivity index (χ0) is 14.9. The fraction of sp³-hybridized carbons (Fsp3) is 0.889. The smallest absolute Gasteiger partial charge is 0.130 e. The molecule has 0 aliphatic carbocycles. The van der Waals surface area contributed by atoms with Gasteiger partial charge in [-0.05, 0) is 12.8 Å². The van der Waals surface area contributed by atoms with Crippen LogP contribution in [0, 0.1) is 0 Å². The fourth-order valence-corrected chi connectivity index (χ4v) is 2.34. The maximum Gasteiger partial charge on any atom is 0.130 e. The SMILES string of the molecule is CCCCCCCCCC/C(=C/O)OCCCCCC. The largest absolute Gasteiger partial charge is 0.512 e. The molecule has 0 saturated heterocycles. The van der Waals surface area contributed by atoms with Crippen LogP contribution in [0.3, 0.4) is 0 Å². The van der Waals surface area contributed by atoms with Gasteiger partial charge in [0.2, 0.25) is 0 Å². The molecule has 0 atom stereocenters. The van der Waals surface area contributed by atoms with Gasteiger partial charge in [0.25, 0.3) is 0 Å². The highest BCUT2D eigenvalue weighted by atomic mass is 16.5. The summed E-state index contributed by atoms with van der Waals surface area (Å²) < 4.78 is 5.61. The van der Waals surface area contributed by atoms with Crippen LogP contribution < -0.4 is 0 Å². The van der Waals surface area contributed by atoms with Crippen molar-refractivity contribution in [3.05, 3.63) is 12.0 Å². The van der Waals surface area contributed by atoms with Crippen LogP contribution >= 0.6 is 0 Å². The molecule has 0 aliphatic heterocycles. The number of hydrogen-bond donors (Lipinski definition) is 1. The predicted molar refractivity (Wildman–Crippen MR) is 88.0 cm³/mol. The van der Waals surface area contributed by atoms with E-state index in [2.05, 4.69) is 13.8 Å². The Labute approximate surface area is 126 Å². The molecular formula is C18H36O2. The monoisotopic (exact) mass is 284 g/mol. The minimum atomic E-state index is 0.753. The highest BCUT2D eigenvalue weighted by Gasteiger charge is 1.99. The number of ether oxygens (including phenoxy) is 1. The third-order valence-corrected chi connectivity index (χ3v) is 3.71. The van der Waals surface area contributed by atoms with Crippen LogP contribution in [0.5, 0.6) is 0 Å². The Bertz CT molecular complexity index is 211. The highest BCUT2D eigenvalue weighted by Crippen LogP contribution is 2.14. The molecule has 0 unspecified atom stereocenters. The number of unbranched alkanes of at least 4 members (excludes halogenated alkanes) is 10. The molecule has 2 heteroatoms. The van der Waals surface area contributed by atoms with E-state index < -0.39 is 0 Å². The number of allylic oxidation sites excluding steroid dienone is 1. The van der Waals surface area contributed by atoms with Gasteiger partial charge in [-0.1, -0.05) is 78.1 Å². The van der Waals surface area contributed by atoms with Crippen molar-refractivity contribution in [3.63, 3.8) is 0 Å². The van der Waals surface area contributed by atoms with Crippen molar-refractivity contribution in [3.8, 4) is 0 Å². The summed E-state index contributed by atoms with van der Waals surface area (Å²) >= 11 is 0. The molecule has 0 bridgehead atoms. The summed E-state index contributed by atoms with van der Waals surface area (Å²) in [6.07, 6.45) is 17.4. The van der Waals surface area contributed by atoms with Gasteiger partial charge in [0.05, 0.1) is 6.61 Å². The van der Waals surface area contributed by atoms with Gasteiger partial charge in [0.1, 0.15) is 12.0 Å². The van der Waals surface area contributed by atoms with Gasteiger partial charge in [-0.3, -0.25) is 0 Å². The topological polar surface area (TPSA) is 29.5 Å². The van der Waals surface area contributed by atoms with Crippen LogP contribution in [0.15, 0.2) is 12.0 Å². The van der Waals surface area contributed by atoms with E-state index in [4.69, 9.17) is 9.84 Å². The quantitative estimate of drug-likeness (QED) is 0.274. The van der Waals surface area contributed by atoms with Crippen LogP contribution in [0.1, 0.15) is 97.3 Å². The summed E-state index contributed by atoms with van der Waals surface area (Å²) in [7, 11) is 0. The Morgan fingerprint density at radius 3 is 1.80 bits per heavy atom. The first-order valence-electron chi connectivity index (χ1n) is 8.81. The molecule has 0 heterocycles. The van der Waals surface area contributed by atoms with Gasteiger partial charge in [-0.2, -0.15) is 0 Å². The van der Waals surface area contributed by atoms with Crippen molar-refractivity contribution >= 4 is 0 Å². The van der Waals surface area contributed by atoms with E-state index in [0.717, 1.165) is 37.9 Å². The van der Waals surface area contributed by atoms with Crippen LogP contribution in [0.25, 0.3) is 0 Å². The second-order valence-corrected chi connectivity index (χ2v) is 5.73. The first-order chi connectivity index (χ1) is 9.85. The van der Waals surface area contributed by atoms with Crippen molar-refractivity contribution < 1.29 is 9.84 Å². The summed E-state index contributed by atoms with van der Waals surface area (Å²) in [6.45, 7) is 5.22. The van der Waals surface area contributed by atoms with E-state index in [-0.39, 0.29) is 0 Å². The first kappa shape index (κ1) is 19.3. The molecule has 0 aromatic rings. The summed E-state index contributed by atoms with van der Waals surface area (Å²) in [5, 5.41) is 9.14. The van der Waals surface area contributed by atoms with Gasteiger partial charge in [-0.15, -0.1) is 0 Å². The lowest BCUT2D eigenvalue weighted by molar-refractivity contribution is 0.182. The van der Waals surface area contributed by atoms with Crippen molar-refractivity contribution in [2.45, 2.75) is 97.3 Å². The molecule has 120 valence electrons. The molecule has 0 spiro atoms. The Balaban J connectivity index is 3.33. The van der Waals surface area contributed by atoms with Gasteiger partial charge < -0.3 is 9.84 Å². The molecule has 1 N–H and O–H groups in total. The molecule has 2 nitrogen and oxygen atoms in total. The molecule has 0 radical (unpaired) electrons. The summed E-state index contributed by atoms with van der Waals surface area (Å²) in [6, 6.07) is 0. The van der Waals surface area contributed by atoms with Crippen LogP contribution in [0.4, 0.5) is 0 Å². The zero-order valence-electron chi connectivity index (χ0n) is 13.8. The zero-order valence-corrected chi connectivity index (χ0v) is 13.8. The average Bonchev–Trinajstić information content (AvgIpc) is 2.47. The molecular weight excluding hydrogens is 248 g/mol. The van der Waals surface area contributed by atoms with Crippen LogP contribution in [-0.2, 0) is 4.74 Å². The number of aliphatic hydroxyl groups is 1. The Kier molecular flexibility index (Phi) is 15.9. The van der Waals surface area contributed by atoms with Crippen molar-refractivity contribution in [2.24, 2.45) is 0 Å². The maximum atomic E-state index is 9.14. The van der Waals surface area contributed by atoms with E-state index in [1.165, 1.54) is 64.2 Å².